The quantitative estimate of drug-likeness (QED) is 0.376. The molecule has 0 radical (unpaired) electrons. The molecule has 0 aliphatic heterocycles. The van der Waals surface area contributed by atoms with Gasteiger partial charge in [0.2, 0.25) is 0 Å². The van der Waals surface area contributed by atoms with Crippen molar-refractivity contribution < 1.29 is 46.5 Å². The SMILES string of the molecule is [CH3-].[CH3-].[Cl-].[Cl-].[Ti+4].c1cc[cH-]c1.c1cc[cH-]c1. The molecule has 0 heterocycles. The van der Waals surface area contributed by atoms with Gasteiger partial charge in [-0.1, -0.05) is 0 Å². The van der Waals surface area contributed by atoms with E-state index in [-0.39, 0.29) is 61.4 Å². The van der Waals surface area contributed by atoms with E-state index in [1.165, 1.54) is 0 Å². The average Bonchev–Trinajstić information content (AvgIpc) is 2.67. The average molecular weight is 279 g/mol. The Morgan fingerprint density at radius 3 is 0.800 bits per heavy atom. The molecule has 0 amide bonds. The zero-order chi connectivity index (χ0) is 7.07. The van der Waals surface area contributed by atoms with Gasteiger partial charge in [0.05, 0.1) is 0 Å². The third kappa shape index (κ3) is 20.2. The van der Waals surface area contributed by atoms with E-state index in [1.54, 1.807) is 0 Å². The normalized spacial score (nSPS) is 5.33. The van der Waals surface area contributed by atoms with Crippen LogP contribution in [0.3, 0.4) is 0 Å². The first-order valence-electron chi connectivity index (χ1n) is 3.33. The molecule has 0 nitrogen and oxygen atoms in total. The maximum absolute atomic E-state index is 2.00. The molecule has 15 heavy (non-hydrogen) atoms. The minimum atomic E-state index is 0. The molecular weight excluding hydrogens is 263 g/mol. The second kappa shape index (κ2) is 23.7. The first-order valence-corrected chi connectivity index (χ1v) is 3.33. The molecule has 84 valence electrons. The Balaban J connectivity index is -0.0000000333. The summed E-state index contributed by atoms with van der Waals surface area (Å²) in [4.78, 5) is 0. The second-order valence-electron chi connectivity index (χ2n) is 1.92. The van der Waals surface area contributed by atoms with Gasteiger partial charge in [0.15, 0.2) is 0 Å². The van der Waals surface area contributed by atoms with Crippen molar-refractivity contribution >= 4 is 0 Å². The molecular formula is C12H16Cl2Ti-2. The molecule has 0 spiro atoms. The maximum Gasteiger partial charge on any atom is 4.00 e. The van der Waals surface area contributed by atoms with E-state index in [1.807, 2.05) is 60.7 Å². The first-order chi connectivity index (χ1) is 5.00. The molecule has 0 aromatic heterocycles. The van der Waals surface area contributed by atoms with Crippen LogP contribution in [-0.4, -0.2) is 0 Å². The van der Waals surface area contributed by atoms with Crippen LogP contribution in [0.5, 0.6) is 0 Å². The number of hydrogen-bond donors (Lipinski definition) is 0. The zero-order valence-corrected chi connectivity index (χ0v) is 12.1. The van der Waals surface area contributed by atoms with E-state index in [2.05, 4.69) is 0 Å². The molecule has 2 aromatic carbocycles. The molecule has 0 aliphatic rings. The number of rotatable bonds is 0. The van der Waals surface area contributed by atoms with Gasteiger partial charge < -0.3 is 39.7 Å². The maximum atomic E-state index is 2.00. The smallest absolute Gasteiger partial charge is 1.00 e. The molecule has 2 rings (SSSR count). The standard InChI is InChI=1S/2C5H5.2CH3.2ClH.Ti/c2*1-2-4-5-3-1;;;;;/h2*1-5H;2*1H3;2*1H;/q4*-1;;;+4/p-2. The van der Waals surface area contributed by atoms with Gasteiger partial charge in [-0.15, -0.1) is 0 Å². The molecule has 0 bridgehead atoms. The molecule has 0 unspecified atom stereocenters. The molecule has 0 N–H and O–H groups in total. The van der Waals surface area contributed by atoms with Gasteiger partial charge in [-0.2, -0.15) is 36.4 Å². The Morgan fingerprint density at radius 1 is 0.533 bits per heavy atom. The van der Waals surface area contributed by atoms with Gasteiger partial charge in [-0.25, -0.2) is 24.3 Å². The van der Waals surface area contributed by atoms with Crippen molar-refractivity contribution in [2.75, 3.05) is 0 Å². The molecule has 0 saturated heterocycles. The third-order valence-corrected chi connectivity index (χ3v) is 1.11. The monoisotopic (exact) mass is 278 g/mol. The summed E-state index contributed by atoms with van der Waals surface area (Å²) >= 11 is 0. The van der Waals surface area contributed by atoms with Gasteiger partial charge in [0.1, 0.15) is 0 Å². The number of hydrogen-bond acceptors (Lipinski definition) is 0. The Hall–Kier alpha value is -0.00571. The van der Waals surface area contributed by atoms with E-state index in [4.69, 9.17) is 0 Å². The number of halogens is 2. The van der Waals surface area contributed by atoms with Crippen LogP contribution in [-0.2, 0) is 21.7 Å². The molecule has 0 fully saturated rings. The van der Waals surface area contributed by atoms with Crippen molar-refractivity contribution in [1.82, 2.24) is 0 Å². The van der Waals surface area contributed by atoms with Crippen LogP contribution >= 0.6 is 0 Å². The van der Waals surface area contributed by atoms with Crippen molar-refractivity contribution in [2.24, 2.45) is 0 Å². The van der Waals surface area contributed by atoms with Gasteiger partial charge in [0.25, 0.3) is 0 Å². The summed E-state index contributed by atoms with van der Waals surface area (Å²) in [6, 6.07) is 20.0. The van der Waals surface area contributed by atoms with Gasteiger partial charge in [-0.05, 0) is 0 Å². The fraction of sp³-hybridized carbons (Fsp3) is 0. The minimum Gasteiger partial charge on any atom is -1.00 e. The summed E-state index contributed by atoms with van der Waals surface area (Å²) < 4.78 is 0. The summed E-state index contributed by atoms with van der Waals surface area (Å²) in [5, 5.41) is 0. The van der Waals surface area contributed by atoms with E-state index >= 15 is 0 Å². The fourth-order valence-corrected chi connectivity index (χ4v) is 0.642. The van der Waals surface area contributed by atoms with Crippen molar-refractivity contribution in [1.29, 1.82) is 0 Å². The van der Waals surface area contributed by atoms with E-state index in [0.29, 0.717) is 0 Å². The van der Waals surface area contributed by atoms with Gasteiger partial charge in [-0.3, -0.25) is 0 Å². The Bertz CT molecular complexity index is 153. The largest absolute Gasteiger partial charge is 4.00 e. The summed E-state index contributed by atoms with van der Waals surface area (Å²) in [5.74, 6) is 0. The van der Waals surface area contributed by atoms with Crippen LogP contribution in [0.25, 0.3) is 0 Å². The first kappa shape index (κ1) is 29.4. The zero-order valence-electron chi connectivity index (χ0n) is 9.03. The van der Waals surface area contributed by atoms with E-state index in [9.17, 15) is 0 Å². The van der Waals surface area contributed by atoms with Crippen molar-refractivity contribution in [3.63, 3.8) is 0 Å². The van der Waals surface area contributed by atoms with E-state index < -0.39 is 0 Å². The molecule has 0 saturated carbocycles. The molecule has 0 atom stereocenters. The van der Waals surface area contributed by atoms with Crippen LogP contribution in [0.4, 0.5) is 0 Å². The predicted molar refractivity (Wildman–Crippen MR) is 56.9 cm³/mol. The van der Waals surface area contributed by atoms with Crippen molar-refractivity contribution in [3.05, 3.63) is 75.5 Å². The van der Waals surface area contributed by atoms with Gasteiger partial charge >= 0.3 is 21.7 Å². The Kier molecular flexibility index (Phi) is 46.4. The van der Waals surface area contributed by atoms with E-state index in [0.717, 1.165) is 0 Å². The Morgan fingerprint density at radius 2 is 0.733 bits per heavy atom. The van der Waals surface area contributed by atoms with Crippen molar-refractivity contribution in [3.8, 4) is 0 Å². The van der Waals surface area contributed by atoms with Crippen LogP contribution in [0.2, 0.25) is 0 Å². The third-order valence-electron chi connectivity index (χ3n) is 1.11. The summed E-state index contributed by atoms with van der Waals surface area (Å²) in [7, 11) is 0. The van der Waals surface area contributed by atoms with Crippen LogP contribution in [0.1, 0.15) is 0 Å². The second-order valence-corrected chi connectivity index (χ2v) is 1.92. The fourth-order valence-electron chi connectivity index (χ4n) is 0.642. The van der Waals surface area contributed by atoms with Gasteiger partial charge in [0, 0.05) is 0 Å². The Labute approximate surface area is 122 Å². The van der Waals surface area contributed by atoms with Crippen LogP contribution in [0, 0.1) is 14.9 Å². The summed E-state index contributed by atoms with van der Waals surface area (Å²) in [5.41, 5.74) is 0. The summed E-state index contributed by atoms with van der Waals surface area (Å²) in [6.07, 6.45) is 0. The van der Waals surface area contributed by atoms with Crippen LogP contribution in [0.15, 0.2) is 60.7 Å². The van der Waals surface area contributed by atoms with Crippen molar-refractivity contribution in [2.45, 2.75) is 0 Å². The molecule has 0 aliphatic carbocycles. The summed E-state index contributed by atoms with van der Waals surface area (Å²) in [6.45, 7) is 0. The predicted octanol–water partition coefficient (Wildman–Crippen LogP) is -2.28. The van der Waals surface area contributed by atoms with Crippen LogP contribution < -0.4 is 24.8 Å². The topological polar surface area (TPSA) is 0 Å². The minimum absolute atomic E-state index is 0. The molecule has 3 heteroatoms. The molecule has 2 aromatic rings.